The van der Waals surface area contributed by atoms with Crippen LogP contribution >= 0.6 is 11.6 Å². The molecule has 6 heteroatoms. The number of carboxylic acid groups (broad SMARTS) is 1. The van der Waals surface area contributed by atoms with Gasteiger partial charge in [-0.2, -0.15) is 0 Å². The second-order valence-corrected chi connectivity index (χ2v) is 5.55. The Labute approximate surface area is 121 Å². The predicted octanol–water partition coefficient (Wildman–Crippen LogP) is 2.42. The number of carbonyl (C=O) groups excluding carboxylic acids is 1. The van der Waals surface area contributed by atoms with Crippen molar-refractivity contribution in [2.24, 2.45) is 5.41 Å². The van der Waals surface area contributed by atoms with E-state index in [9.17, 15) is 19.8 Å². The average molecular weight is 298 g/mol. The molecule has 3 N–H and O–H groups in total. The summed E-state index contributed by atoms with van der Waals surface area (Å²) in [5.41, 5.74) is -0.732. The average Bonchev–Trinajstić information content (AvgIpc) is 2.89. The Morgan fingerprint density at radius 1 is 1.30 bits per heavy atom. The van der Waals surface area contributed by atoms with E-state index in [1.54, 1.807) is 0 Å². The number of hydrogen-bond donors (Lipinski definition) is 3. The highest BCUT2D eigenvalue weighted by Gasteiger charge is 2.41. The Kier molecular flexibility index (Phi) is 4.18. The number of phenolic OH excluding ortho intramolecular Hbond substituents is 1. The second kappa shape index (κ2) is 5.71. The zero-order valence-electron chi connectivity index (χ0n) is 10.9. The molecule has 0 heterocycles. The Balaban J connectivity index is 2.08. The maximum atomic E-state index is 12.0. The van der Waals surface area contributed by atoms with Crippen LogP contribution in [0.4, 0.5) is 0 Å². The number of aromatic hydroxyl groups is 1. The molecule has 0 unspecified atom stereocenters. The molecule has 0 radical (unpaired) electrons. The molecule has 1 amide bonds. The topological polar surface area (TPSA) is 86.6 Å². The van der Waals surface area contributed by atoms with Gasteiger partial charge in [0, 0.05) is 6.54 Å². The van der Waals surface area contributed by atoms with Gasteiger partial charge in [-0.15, -0.1) is 0 Å². The number of phenols is 1. The van der Waals surface area contributed by atoms with E-state index in [4.69, 9.17) is 11.6 Å². The van der Waals surface area contributed by atoms with Crippen LogP contribution in [0.1, 0.15) is 36.0 Å². The van der Waals surface area contributed by atoms with Crippen molar-refractivity contribution in [1.82, 2.24) is 5.32 Å². The summed E-state index contributed by atoms with van der Waals surface area (Å²) in [6.45, 7) is 0.0765. The molecule has 0 aromatic heterocycles. The van der Waals surface area contributed by atoms with E-state index < -0.39 is 17.3 Å². The van der Waals surface area contributed by atoms with Crippen molar-refractivity contribution in [3.63, 3.8) is 0 Å². The number of aliphatic carboxylic acids is 1. The molecule has 20 heavy (non-hydrogen) atoms. The molecule has 1 fully saturated rings. The van der Waals surface area contributed by atoms with E-state index in [0.717, 1.165) is 12.8 Å². The molecule has 0 bridgehead atoms. The number of hydrogen-bond acceptors (Lipinski definition) is 3. The van der Waals surface area contributed by atoms with Crippen LogP contribution in [-0.2, 0) is 4.79 Å². The quantitative estimate of drug-likeness (QED) is 0.796. The minimum absolute atomic E-state index is 0.0617. The third-order valence-electron chi connectivity index (χ3n) is 3.80. The monoisotopic (exact) mass is 297 g/mol. The van der Waals surface area contributed by atoms with Crippen molar-refractivity contribution in [3.8, 4) is 5.75 Å². The lowest BCUT2D eigenvalue weighted by Gasteiger charge is -2.24. The summed E-state index contributed by atoms with van der Waals surface area (Å²) in [6, 6.07) is 4.07. The number of carboxylic acids is 1. The molecule has 2 rings (SSSR count). The van der Waals surface area contributed by atoms with Gasteiger partial charge in [0.05, 0.1) is 16.0 Å². The summed E-state index contributed by atoms with van der Waals surface area (Å²) in [7, 11) is 0. The van der Waals surface area contributed by atoms with Gasteiger partial charge in [-0.1, -0.05) is 24.4 Å². The minimum atomic E-state index is -0.877. The molecule has 1 aliphatic rings. The molecule has 1 saturated carbocycles. The van der Waals surface area contributed by atoms with Crippen LogP contribution in [-0.4, -0.2) is 28.6 Å². The van der Waals surface area contributed by atoms with Crippen molar-refractivity contribution < 1.29 is 19.8 Å². The van der Waals surface area contributed by atoms with Crippen LogP contribution < -0.4 is 5.32 Å². The van der Waals surface area contributed by atoms with E-state index in [1.165, 1.54) is 18.2 Å². The molecule has 0 aliphatic heterocycles. The standard InChI is InChI=1S/C14H16ClNO4/c15-11-4-3-9(17)7-10(11)12(18)16-8-14(13(19)20)5-1-2-6-14/h3-4,7,17H,1-2,5-6,8H2,(H,16,18)(H,19,20). The van der Waals surface area contributed by atoms with Gasteiger partial charge in [0.2, 0.25) is 0 Å². The lowest BCUT2D eigenvalue weighted by atomic mass is 9.86. The smallest absolute Gasteiger partial charge is 0.311 e. The van der Waals surface area contributed by atoms with Gasteiger partial charge in [-0.25, -0.2) is 0 Å². The molecule has 1 aliphatic carbocycles. The zero-order chi connectivity index (χ0) is 14.8. The maximum Gasteiger partial charge on any atom is 0.311 e. The van der Waals surface area contributed by atoms with Crippen molar-refractivity contribution in [2.45, 2.75) is 25.7 Å². The van der Waals surface area contributed by atoms with Gasteiger partial charge in [-0.05, 0) is 31.0 Å². The molecule has 0 spiro atoms. The zero-order valence-corrected chi connectivity index (χ0v) is 11.6. The number of benzene rings is 1. The first-order chi connectivity index (χ1) is 9.44. The molecule has 0 atom stereocenters. The second-order valence-electron chi connectivity index (χ2n) is 5.14. The largest absolute Gasteiger partial charge is 0.508 e. The fraction of sp³-hybridized carbons (Fsp3) is 0.429. The van der Waals surface area contributed by atoms with E-state index in [1.807, 2.05) is 0 Å². The fourth-order valence-electron chi connectivity index (χ4n) is 2.55. The highest BCUT2D eigenvalue weighted by atomic mass is 35.5. The number of rotatable bonds is 4. The molecular weight excluding hydrogens is 282 g/mol. The Morgan fingerprint density at radius 2 is 1.95 bits per heavy atom. The lowest BCUT2D eigenvalue weighted by Crippen LogP contribution is -2.41. The van der Waals surface area contributed by atoms with Crippen LogP contribution in [0.2, 0.25) is 5.02 Å². The highest BCUT2D eigenvalue weighted by molar-refractivity contribution is 6.33. The number of nitrogens with one attached hydrogen (secondary N) is 1. The molecule has 5 nitrogen and oxygen atoms in total. The van der Waals surface area contributed by atoms with Gasteiger partial charge >= 0.3 is 5.97 Å². The summed E-state index contributed by atoms with van der Waals surface area (Å²) in [5.74, 6) is -1.41. The summed E-state index contributed by atoms with van der Waals surface area (Å²) >= 11 is 5.90. The number of amides is 1. The Bertz CT molecular complexity index is 538. The SMILES string of the molecule is O=C(NCC1(C(=O)O)CCCC1)c1cc(O)ccc1Cl. The fourth-order valence-corrected chi connectivity index (χ4v) is 2.75. The Hall–Kier alpha value is -1.75. The number of carbonyl (C=O) groups is 2. The Morgan fingerprint density at radius 3 is 2.55 bits per heavy atom. The van der Waals surface area contributed by atoms with Gasteiger partial charge in [-0.3, -0.25) is 9.59 Å². The van der Waals surface area contributed by atoms with Crippen LogP contribution in [0.25, 0.3) is 0 Å². The molecule has 1 aromatic carbocycles. The van der Waals surface area contributed by atoms with Gasteiger partial charge in [0.25, 0.3) is 5.91 Å². The van der Waals surface area contributed by atoms with E-state index in [2.05, 4.69) is 5.32 Å². The number of halogens is 1. The third-order valence-corrected chi connectivity index (χ3v) is 4.13. The molecule has 1 aromatic rings. The van der Waals surface area contributed by atoms with Gasteiger partial charge in [0.1, 0.15) is 5.75 Å². The normalized spacial score (nSPS) is 16.9. The molecule has 0 saturated heterocycles. The maximum absolute atomic E-state index is 12.0. The van der Waals surface area contributed by atoms with Gasteiger partial charge < -0.3 is 15.5 Å². The molecule has 108 valence electrons. The van der Waals surface area contributed by atoms with Crippen LogP contribution in [0.5, 0.6) is 5.75 Å². The predicted molar refractivity (Wildman–Crippen MR) is 74.0 cm³/mol. The first-order valence-electron chi connectivity index (χ1n) is 6.45. The summed E-state index contributed by atoms with van der Waals surface area (Å²) < 4.78 is 0. The third kappa shape index (κ3) is 2.88. The van der Waals surface area contributed by atoms with Crippen LogP contribution in [0, 0.1) is 5.41 Å². The van der Waals surface area contributed by atoms with Crippen LogP contribution in [0.3, 0.4) is 0 Å². The van der Waals surface area contributed by atoms with E-state index in [0.29, 0.717) is 12.8 Å². The minimum Gasteiger partial charge on any atom is -0.508 e. The van der Waals surface area contributed by atoms with Crippen molar-refractivity contribution in [3.05, 3.63) is 28.8 Å². The van der Waals surface area contributed by atoms with Crippen molar-refractivity contribution in [2.75, 3.05) is 6.54 Å². The van der Waals surface area contributed by atoms with Crippen molar-refractivity contribution in [1.29, 1.82) is 0 Å². The summed E-state index contributed by atoms with van der Waals surface area (Å²) in [4.78, 5) is 23.4. The van der Waals surface area contributed by atoms with Crippen molar-refractivity contribution >= 4 is 23.5 Å². The molecular formula is C14H16ClNO4. The lowest BCUT2D eigenvalue weighted by molar-refractivity contribution is -0.148. The first kappa shape index (κ1) is 14.7. The summed E-state index contributed by atoms with van der Waals surface area (Å²) in [5, 5.41) is 21.5. The van der Waals surface area contributed by atoms with Gasteiger partial charge in [0.15, 0.2) is 0 Å². The van der Waals surface area contributed by atoms with E-state index in [-0.39, 0.29) is 22.9 Å². The van der Waals surface area contributed by atoms with E-state index >= 15 is 0 Å². The first-order valence-corrected chi connectivity index (χ1v) is 6.82. The van der Waals surface area contributed by atoms with Crippen LogP contribution in [0.15, 0.2) is 18.2 Å². The highest BCUT2D eigenvalue weighted by Crippen LogP contribution is 2.37. The summed E-state index contributed by atoms with van der Waals surface area (Å²) in [6.07, 6.45) is 2.84.